The molecule has 2 aromatic rings. The van der Waals surface area contributed by atoms with Crippen molar-refractivity contribution < 1.29 is 44.3 Å². The number of likely N-dealkylation sites (N-methyl/N-ethyl adjacent to an activating group) is 1. The molecule has 0 spiro atoms. The molecule has 2 aromatic carbocycles. The second kappa shape index (κ2) is 11.3. The zero-order valence-corrected chi connectivity index (χ0v) is 25.4. The molecule has 1 fully saturated rings. The number of primary amides is 1. The highest BCUT2D eigenvalue weighted by atomic mass is 16.5. The van der Waals surface area contributed by atoms with Crippen molar-refractivity contribution in [1.82, 2.24) is 9.80 Å². The smallest absolute Gasteiger partial charge is 0.255 e. The Labute approximate surface area is 259 Å². The molecular formula is C33H37N3O9. The summed E-state index contributed by atoms with van der Waals surface area (Å²) in [4.78, 5) is 43.7. The molecule has 0 unspecified atom stereocenters. The van der Waals surface area contributed by atoms with Crippen molar-refractivity contribution in [3.05, 3.63) is 69.7 Å². The van der Waals surface area contributed by atoms with Crippen molar-refractivity contribution in [1.29, 1.82) is 0 Å². The van der Waals surface area contributed by atoms with Gasteiger partial charge in [0, 0.05) is 36.7 Å². The van der Waals surface area contributed by atoms with E-state index < -0.39 is 58.0 Å². The molecule has 0 radical (unpaired) electrons. The first-order chi connectivity index (χ1) is 21.4. The molecule has 12 heteroatoms. The molecule has 1 amide bonds. The van der Waals surface area contributed by atoms with Gasteiger partial charge in [-0.3, -0.25) is 24.2 Å². The van der Waals surface area contributed by atoms with Gasteiger partial charge < -0.3 is 35.6 Å². The maximum absolute atomic E-state index is 14.2. The number of hydrogen-bond donors (Lipinski definition) is 5. The molecule has 0 saturated carbocycles. The van der Waals surface area contributed by atoms with Crippen LogP contribution in [0, 0.1) is 11.8 Å². The van der Waals surface area contributed by atoms with Gasteiger partial charge >= 0.3 is 0 Å². The SMILES string of the molecule is COc1ccc(CN2CCOCC2)cc1-c1ccc(O)c2c1C[C@H]1C[C@@H]3[C@@H](N(C)C)C(O)=C(C(N)=O)C(=O)[C@@]3(O)C(O)=C1C2=O. The molecule has 6 N–H and O–H groups in total. The number of carbonyl (C=O) groups excluding carboxylic acids is 3. The van der Waals surface area contributed by atoms with Crippen molar-refractivity contribution in [3.63, 3.8) is 0 Å². The number of phenols is 1. The first-order valence-electron chi connectivity index (χ1n) is 14.9. The van der Waals surface area contributed by atoms with Crippen molar-refractivity contribution in [2.24, 2.45) is 17.6 Å². The Morgan fingerprint density at radius 2 is 1.82 bits per heavy atom. The number of allylic oxidation sites excluding steroid dienone is 1. The maximum atomic E-state index is 14.2. The highest BCUT2D eigenvalue weighted by Gasteiger charge is 2.63. The summed E-state index contributed by atoms with van der Waals surface area (Å²) in [6, 6.07) is 7.93. The number of aliphatic hydroxyl groups is 3. The average Bonchev–Trinajstić information content (AvgIpc) is 2.99. The first kappa shape index (κ1) is 30.8. The molecule has 0 bridgehead atoms. The summed E-state index contributed by atoms with van der Waals surface area (Å²) in [5.41, 5.74) is 4.60. The molecule has 45 heavy (non-hydrogen) atoms. The monoisotopic (exact) mass is 619 g/mol. The van der Waals surface area contributed by atoms with E-state index in [1.807, 2.05) is 18.2 Å². The van der Waals surface area contributed by atoms with Crippen molar-refractivity contribution >= 4 is 17.5 Å². The molecule has 12 nitrogen and oxygen atoms in total. The van der Waals surface area contributed by atoms with Crippen LogP contribution in [-0.4, -0.2) is 107 Å². The number of methoxy groups -OCH3 is 1. The standard InChI is InChI=1S/C33H37N3O9/c1-35(2)27-21-14-17-13-20-18(19-12-16(4-7-23(19)44-3)15-36-8-10-45-11-9-36)5-6-22(37)25(20)28(38)24(17)30(40)33(21,43)31(41)26(29(27)39)32(34)42/h4-7,12,17,21,27,37,39-40,43H,8-11,13-15H2,1-3H3,(H2,34,42)/t17-,21+,27+,33-/m0/s1. The highest BCUT2D eigenvalue weighted by molar-refractivity contribution is 6.25. The van der Waals surface area contributed by atoms with E-state index in [1.54, 1.807) is 27.3 Å². The van der Waals surface area contributed by atoms with Crippen LogP contribution in [0.1, 0.15) is 27.9 Å². The number of phenolic OH excluding ortho intramolecular Hbond substituents is 1. The second-order valence-electron chi connectivity index (χ2n) is 12.4. The molecule has 6 rings (SSSR count). The normalized spacial score (nSPS) is 26.9. The maximum Gasteiger partial charge on any atom is 0.255 e. The highest BCUT2D eigenvalue weighted by Crippen LogP contribution is 2.53. The Hall–Kier alpha value is -4.23. The number of ketones is 2. The second-order valence-corrected chi connectivity index (χ2v) is 12.4. The number of morpholine rings is 1. The van der Waals surface area contributed by atoms with E-state index in [1.165, 1.54) is 11.0 Å². The average molecular weight is 620 g/mol. The van der Waals surface area contributed by atoms with Gasteiger partial charge in [0.05, 0.1) is 31.9 Å². The predicted octanol–water partition coefficient (Wildman–Crippen LogP) is 1.63. The van der Waals surface area contributed by atoms with Gasteiger partial charge in [-0.1, -0.05) is 12.1 Å². The van der Waals surface area contributed by atoms with Gasteiger partial charge in [0.1, 0.15) is 28.6 Å². The van der Waals surface area contributed by atoms with Gasteiger partial charge in [-0.2, -0.15) is 0 Å². The molecule has 4 atom stereocenters. The molecule has 0 aromatic heterocycles. The Balaban J connectivity index is 1.48. The summed E-state index contributed by atoms with van der Waals surface area (Å²) >= 11 is 0. The molecule has 238 valence electrons. The fourth-order valence-electron chi connectivity index (χ4n) is 7.58. The summed E-state index contributed by atoms with van der Waals surface area (Å²) in [6.45, 7) is 3.62. The van der Waals surface area contributed by atoms with E-state index in [0.29, 0.717) is 36.6 Å². The lowest BCUT2D eigenvalue weighted by Gasteiger charge is -2.50. The van der Waals surface area contributed by atoms with E-state index in [9.17, 15) is 34.8 Å². The zero-order chi connectivity index (χ0) is 32.4. The Bertz CT molecular complexity index is 1670. The molecule has 1 aliphatic heterocycles. The van der Waals surface area contributed by atoms with Gasteiger partial charge in [-0.05, 0) is 67.7 Å². The minimum Gasteiger partial charge on any atom is -0.510 e. The zero-order valence-electron chi connectivity index (χ0n) is 25.4. The summed E-state index contributed by atoms with van der Waals surface area (Å²) < 4.78 is 11.2. The van der Waals surface area contributed by atoms with Crippen molar-refractivity contribution in [3.8, 4) is 22.6 Å². The number of aromatic hydroxyl groups is 1. The predicted molar refractivity (Wildman–Crippen MR) is 162 cm³/mol. The number of ether oxygens (including phenoxy) is 2. The summed E-state index contributed by atoms with van der Waals surface area (Å²) in [5, 5.41) is 45.4. The lowest BCUT2D eigenvalue weighted by atomic mass is 9.58. The Morgan fingerprint density at radius 3 is 2.47 bits per heavy atom. The summed E-state index contributed by atoms with van der Waals surface area (Å²) in [5.74, 6) is -6.28. The minimum absolute atomic E-state index is 0.00899. The van der Waals surface area contributed by atoms with Gasteiger partial charge in [0.15, 0.2) is 11.4 Å². The number of amides is 1. The van der Waals surface area contributed by atoms with Gasteiger partial charge in [0.2, 0.25) is 5.78 Å². The topological polar surface area (TPSA) is 183 Å². The fraction of sp³-hybridized carbons (Fsp3) is 0.424. The third-order valence-electron chi connectivity index (χ3n) is 9.67. The van der Waals surface area contributed by atoms with Gasteiger partial charge in [-0.25, -0.2) is 0 Å². The van der Waals surface area contributed by atoms with Crippen LogP contribution in [0.4, 0.5) is 0 Å². The lowest BCUT2D eigenvalue weighted by molar-refractivity contribution is -0.148. The number of nitrogens with two attached hydrogens (primary N) is 1. The van der Waals surface area contributed by atoms with Gasteiger partial charge in [-0.15, -0.1) is 0 Å². The van der Waals surface area contributed by atoms with E-state index in [0.717, 1.165) is 24.2 Å². The van der Waals surface area contributed by atoms with E-state index in [4.69, 9.17) is 15.2 Å². The third-order valence-corrected chi connectivity index (χ3v) is 9.67. The number of fused-ring (bicyclic) bond motifs is 3. The summed E-state index contributed by atoms with van der Waals surface area (Å²) in [6.07, 6.45) is 0.185. The van der Waals surface area contributed by atoms with Crippen LogP contribution >= 0.6 is 0 Å². The van der Waals surface area contributed by atoms with Crippen LogP contribution in [0.25, 0.3) is 11.1 Å². The van der Waals surface area contributed by atoms with Crippen LogP contribution in [0.15, 0.2) is 53.0 Å². The minimum atomic E-state index is -2.69. The van der Waals surface area contributed by atoms with Crippen LogP contribution in [-0.2, 0) is 27.3 Å². The Morgan fingerprint density at radius 1 is 1.11 bits per heavy atom. The third kappa shape index (κ3) is 4.71. The number of nitrogens with zero attached hydrogens (tertiary/aromatic N) is 2. The van der Waals surface area contributed by atoms with E-state index in [-0.39, 0.29) is 29.7 Å². The number of hydrogen-bond acceptors (Lipinski definition) is 11. The number of aliphatic hydroxyl groups excluding tert-OH is 2. The lowest BCUT2D eigenvalue weighted by Crippen LogP contribution is -2.63. The van der Waals surface area contributed by atoms with Crippen LogP contribution in [0.3, 0.4) is 0 Å². The number of rotatable bonds is 6. The first-order valence-corrected chi connectivity index (χ1v) is 14.9. The molecule has 1 heterocycles. The van der Waals surface area contributed by atoms with Crippen LogP contribution in [0.2, 0.25) is 0 Å². The molecule has 4 aliphatic rings. The summed E-state index contributed by atoms with van der Waals surface area (Å²) in [7, 11) is 4.75. The number of benzene rings is 2. The largest absolute Gasteiger partial charge is 0.510 e. The molecule has 1 saturated heterocycles. The number of Topliss-reactive ketones (excluding diaryl/α,β-unsaturated/α-hetero) is 2. The number of carbonyl (C=O) groups is 3. The van der Waals surface area contributed by atoms with E-state index >= 15 is 0 Å². The van der Waals surface area contributed by atoms with E-state index in [2.05, 4.69) is 4.90 Å². The fourth-order valence-corrected chi connectivity index (χ4v) is 7.58. The quantitative estimate of drug-likeness (QED) is 0.296. The van der Waals surface area contributed by atoms with Crippen molar-refractivity contribution in [2.75, 3.05) is 47.5 Å². The Kier molecular flexibility index (Phi) is 7.72. The molecule has 3 aliphatic carbocycles. The van der Waals surface area contributed by atoms with Gasteiger partial charge in [0.25, 0.3) is 5.91 Å². The van der Waals surface area contributed by atoms with Crippen LogP contribution < -0.4 is 10.5 Å². The van der Waals surface area contributed by atoms with Crippen molar-refractivity contribution in [2.45, 2.75) is 31.0 Å². The molecular weight excluding hydrogens is 582 g/mol. The van der Waals surface area contributed by atoms with Crippen LogP contribution in [0.5, 0.6) is 11.5 Å².